The van der Waals surface area contributed by atoms with Crippen molar-refractivity contribution in [3.8, 4) is 0 Å². The second-order valence-corrected chi connectivity index (χ2v) is 7.06. The topological polar surface area (TPSA) is 116 Å². The fraction of sp³-hybridized carbons (Fsp3) is 0.667. The van der Waals surface area contributed by atoms with Gasteiger partial charge in [-0.3, -0.25) is 4.18 Å². The van der Waals surface area contributed by atoms with Gasteiger partial charge in [0.1, 0.15) is 0 Å². The van der Waals surface area contributed by atoms with Crippen molar-refractivity contribution in [1.82, 2.24) is 0 Å². The van der Waals surface area contributed by atoms with E-state index in [0.717, 1.165) is 0 Å². The summed E-state index contributed by atoms with van der Waals surface area (Å²) in [5.74, 6) is 0. The van der Waals surface area contributed by atoms with Crippen molar-refractivity contribution in [1.29, 1.82) is 0 Å². The molecule has 0 heterocycles. The molecule has 0 unspecified atom stereocenters. The number of benzene rings is 1. The van der Waals surface area contributed by atoms with E-state index in [0.29, 0.717) is 66.0 Å². The molecule has 1 aromatic carbocycles. The highest BCUT2D eigenvalue weighted by Gasteiger charge is 2.13. The summed E-state index contributed by atoms with van der Waals surface area (Å²) in [6.07, 6.45) is 0. The van der Waals surface area contributed by atoms with E-state index in [1.165, 1.54) is 12.1 Å². The highest BCUT2D eigenvalue weighted by Crippen LogP contribution is 2.10. The first-order valence-electron chi connectivity index (χ1n) is 9.20. The van der Waals surface area contributed by atoms with Crippen molar-refractivity contribution in [3.63, 3.8) is 0 Å². The van der Waals surface area contributed by atoms with E-state index in [1.807, 2.05) is 0 Å². The fourth-order valence-electron chi connectivity index (χ4n) is 1.92. The standard InChI is InChI=1S/C18H31NO8S/c19-6-7-22-8-9-23-10-11-24-12-13-25-14-15-26-16-17-27-28(20,21)18-4-2-1-3-5-18/h1-5H,6-17,19H2. The quantitative estimate of drug-likeness (QED) is 0.251. The Labute approximate surface area is 167 Å². The second-order valence-electron chi connectivity index (χ2n) is 5.44. The molecule has 0 saturated heterocycles. The lowest BCUT2D eigenvalue weighted by Gasteiger charge is -2.08. The molecule has 0 aliphatic rings. The molecule has 0 fully saturated rings. The smallest absolute Gasteiger partial charge is 0.297 e. The van der Waals surface area contributed by atoms with E-state index in [2.05, 4.69) is 0 Å². The highest BCUT2D eigenvalue weighted by atomic mass is 32.2. The van der Waals surface area contributed by atoms with Gasteiger partial charge >= 0.3 is 0 Å². The van der Waals surface area contributed by atoms with Gasteiger partial charge in [0.05, 0.1) is 77.6 Å². The molecule has 0 aromatic heterocycles. The predicted molar refractivity (Wildman–Crippen MR) is 103 cm³/mol. The van der Waals surface area contributed by atoms with Crippen LogP contribution in [-0.4, -0.2) is 87.6 Å². The highest BCUT2D eigenvalue weighted by molar-refractivity contribution is 7.86. The molecular formula is C18H31NO8S. The molecule has 10 heteroatoms. The van der Waals surface area contributed by atoms with E-state index < -0.39 is 10.1 Å². The third-order valence-corrected chi connectivity index (χ3v) is 4.57. The molecule has 0 amide bonds. The Bertz CT molecular complexity index is 570. The third-order valence-electron chi connectivity index (χ3n) is 3.25. The maximum atomic E-state index is 11.9. The molecule has 1 aromatic rings. The molecule has 1 rings (SSSR count). The lowest BCUT2D eigenvalue weighted by atomic mass is 10.4. The summed E-state index contributed by atoms with van der Waals surface area (Å²) in [6, 6.07) is 7.98. The van der Waals surface area contributed by atoms with Crippen LogP contribution in [0.3, 0.4) is 0 Å². The summed E-state index contributed by atoms with van der Waals surface area (Å²) >= 11 is 0. The van der Waals surface area contributed by atoms with E-state index in [9.17, 15) is 8.42 Å². The SMILES string of the molecule is NCCOCCOCCOCCOCCOCCOS(=O)(=O)c1ccccc1. The Balaban J connectivity index is 1.82. The average Bonchev–Trinajstić information content (AvgIpc) is 2.71. The number of hydrogen-bond donors (Lipinski definition) is 1. The summed E-state index contributed by atoms with van der Waals surface area (Å²) in [5, 5.41) is 0. The van der Waals surface area contributed by atoms with Gasteiger partial charge < -0.3 is 29.4 Å². The first kappa shape index (κ1) is 24.9. The summed E-state index contributed by atoms with van der Waals surface area (Å²) < 4.78 is 55.0. The summed E-state index contributed by atoms with van der Waals surface area (Å²) in [6.45, 7) is 4.87. The molecular weight excluding hydrogens is 390 g/mol. The lowest BCUT2D eigenvalue weighted by molar-refractivity contribution is -0.0121. The van der Waals surface area contributed by atoms with Gasteiger partial charge in [0, 0.05) is 6.54 Å². The van der Waals surface area contributed by atoms with Gasteiger partial charge in [0.15, 0.2) is 0 Å². The van der Waals surface area contributed by atoms with E-state index in [-0.39, 0.29) is 18.1 Å². The maximum Gasteiger partial charge on any atom is 0.297 e. The number of rotatable bonds is 19. The van der Waals surface area contributed by atoms with Crippen LogP contribution in [0.25, 0.3) is 0 Å². The summed E-state index contributed by atoms with van der Waals surface area (Å²) in [5.41, 5.74) is 5.29. The van der Waals surface area contributed by atoms with Crippen molar-refractivity contribution in [3.05, 3.63) is 30.3 Å². The average molecular weight is 422 g/mol. The fourth-order valence-corrected chi connectivity index (χ4v) is 2.84. The van der Waals surface area contributed by atoms with Crippen molar-refractivity contribution in [2.45, 2.75) is 4.90 Å². The van der Waals surface area contributed by atoms with Crippen LogP contribution in [0.15, 0.2) is 35.2 Å². The number of ether oxygens (including phenoxy) is 5. The van der Waals surface area contributed by atoms with Crippen molar-refractivity contribution in [2.75, 3.05) is 79.2 Å². The van der Waals surface area contributed by atoms with Crippen molar-refractivity contribution in [2.24, 2.45) is 5.73 Å². The molecule has 0 atom stereocenters. The monoisotopic (exact) mass is 421 g/mol. The van der Waals surface area contributed by atoms with Crippen molar-refractivity contribution < 1.29 is 36.3 Å². The molecule has 0 radical (unpaired) electrons. The van der Waals surface area contributed by atoms with Gasteiger partial charge in [-0.25, -0.2) is 0 Å². The minimum atomic E-state index is -3.73. The van der Waals surface area contributed by atoms with Crippen LogP contribution in [0.5, 0.6) is 0 Å². The predicted octanol–water partition coefficient (Wildman–Crippen LogP) is 0.434. The summed E-state index contributed by atoms with van der Waals surface area (Å²) in [4.78, 5) is 0.128. The van der Waals surface area contributed by atoms with Crippen LogP contribution in [0.2, 0.25) is 0 Å². The Morgan fingerprint density at radius 2 is 1.00 bits per heavy atom. The molecule has 9 nitrogen and oxygen atoms in total. The first-order chi connectivity index (χ1) is 13.7. The molecule has 0 spiro atoms. The zero-order valence-electron chi connectivity index (χ0n) is 16.1. The van der Waals surface area contributed by atoms with Gasteiger partial charge in [-0.05, 0) is 12.1 Å². The first-order valence-corrected chi connectivity index (χ1v) is 10.6. The van der Waals surface area contributed by atoms with Crippen LogP contribution < -0.4 is 5.73 Å². The normalized spacial score (nSPS) is 11.8. The van der Waals surface area contributed by atoms with E-state index in [1.54, 1.807) is 18.2 Å². The lowest BCUT2D eigenvalue weighted by Crippen LogP contribution is -2.15. The Morgan fingerprint density at radius 3 is 1.43 bits per heavy atom. The zero-order valence-corrected chi connectivity index (χ0v) is 16.9. The third kappa shape index (κ3) is 13.1. The molecule has 0 aliphatic heterocycles. The molecule has 0 bridgehead atoms. The van der Waals surface area contributed by atoms with Gasteiger partial charge in [-0.1, -0.05) is 18.2 Å². The van der Waals surface area contributed by atoms with E-state index >= 15 is 0 Å². The van der Waals surface area contributed by atoms with Crippen LogP contribution >= 0.6 is 0 Å². The van der Waals surface area contributed by atoms with Crippen LogP contribution in [0, 0.1) is 0 Å². The molecule has 162 valence electrons. The van der Waals surface area contributed by atoms with Gasteiger partial charge in [0.25, 0.3) is 10.1 Å². The minimum absolute atomic E-state index is 0.0440. The number of nitrogens with two attached hydrogens (primary N) is 1. The summed E-state index contributed by atoms with van der Waals surface area (Å²) in [7, 11) is -3.73. The van der Waals surface area contributed by atoms with Crippen LogP contribution in [0.1, 0.15) is 0 Å². The molecule has 0 aliphatic carbocycles. The minimum Gasteiger partial charge on any atom is -0.378 e. The Hall–Kier alpha value is -1.11. The number of hydrogen-bond acceptors (Lipinski definition) is 9. The maximum absolute atomic E-state index is 11.9. The van der Waals surface area contributed by atoms with Crippen LogP contribution in [-0.2, 0) is 38.0 Å². The molecule has 0 saturated carbocycles. The van der Waals surface area contributed by atoms with Gasteiger partial charge in [0.2, 0.25) is 0 Å². The van der Waals surface area contributed by atoms with Gasteiger partial charge in [-0.2, -0.15) is 8.42 Å². The Kier molecular flexibility index (Phi) is 15.0. The molecule has 28 heavy (non-hydrogen) atoms. The van der Waals surface area contributed by atoms with Crippen LogP contribution in [0.4, 0.5) is 0 Å². The second kappa shape index (κ2) is 16.8. The Morgan fingerprint density at radius 1 is 0.607 bits per heavy atom. The zero-order chi connectivity index (χ0) is 20.3. The van der Waals surface area contributed by atoms with Gasteiger partial charge in [-0.15, -0.1) is 0 Å². The molecule has 2 N–H and O–H groups in total. The van der Waals surface area contributed by atoms with Crippen molar-refractivity contribution >= 4 is 10.1 Å². The largest absolute Gasteiger partial charge is 0.378 e. The van der Waals surface area contributed by atoms with E-state index in [4.69, 9.17) is 33.6 Å².